The van der Waals surface area contributed by atoms with Crippen LogP contribution in [0.15, 0.2) is 54.6 Å². The van der Waals surface area contributed by atoms with Crippen molar-refractivity contribution >= 4 is 11.9 Å². The number of carboxylic acid groups (broad SMARTS) is 1. The van der Waals surface area contributed by atoms with Gasteiger partial charge in [0.05, 0.1) is 0 Å². The molecule has 23 heavy (non-hydrogen) atoms. The number of carboxylic acids is 1. The fourth-order valence-corrected chi connectivity index (χ4v) is 2.46. The molecule has 2 aromatic rings. The van der Waals surface area contributed by atoms with E-state index in [0.29, 0.717) is 5.56 Å². The van der Waals surface area contributed by atoms with E-state index in [2.05, 4.69) is 5.32 Å². The lowest BCUT2D eigenvalue weighted by atomic mass is 9.99. The Balaban J connectivity index is 0.000000203. The topological polar surface area (TPSA) is 92.4 Å². The van der Waals surface area contributed by atoms with E-state index < -0.39 is 11.9 Å². The van der Waals surface area contributed by atoms with Gasteiger partial charge in [-0.3, -0.25) is 9.59 Å². The number of carbonyl (C=O) groups excluding carboxylic acids is 1. The molecule has 1 heterocycles. The van der Waals surface area contributed by atoms with Crippen molar-refractivity contribution in [2.24, 2.45) is 5.73 Å². The van der Waals surface area contributed by atoms with Crippen molar-refractivity contribution in [2.75, 3.05) is 6.54 Å². The van der Waals surface area contributed by atoms with Crippen molar-refractivity contribution in [2.45, 2.75) is 18.9 Å². The standard InChI is InChI=1S/C13H11NO.C5H9NO2/c14-13(15)12-9-5-4-8-11(12)10-6-2-1-3-7-10;7-5(8)4-2-1-3-6-4/h1-9H,(H2,14,15);4,6H,1-3H2,(H,7,8)/t;4-/m.1/s1. The van der Waals surface area contributed by atoms with Crippen LogP contribution in [0.4, 0.5) is 0 Å². The fourth-order valence-electron chi connectivity index (χ4n) is 2.46. The Hall–Kier alpha value is -2.66. The first kappa shape index (κ1) is 16.7. The van der Waals surface area contributed by atoms with E-state index in [-0.39, 0.29) is 6.04 Å². The number of amides is 1. The summed E-state index contributed by atoms with van der Waals surface area (Å²) < 4.78 is 0. The monoisotopic (exact) mass is 312 g/mol. The number of nitrogens with two attached hydrogens (primary N) is 1. The molecule has 5 nitrogen and oxygen atoms in total. The maximum atomic E-state index is 11.2. The molecule has 0 bridgehead atoms. The van der Waals surface area contributed by atoms with Crippen LogP contribution >= 0.6 is 0 Å². The molecular weight excluding hydrogens is 292 g/mol. The summed E-state index contributed by atoms with van der Waals surface area (Å²) >= 11 is 0. The zero-order valence-electron chi connectivity index (χ0n) is 12.7. The third-order valence-corrected chi connectivity index (χ3v) is 3.64. The minimum Gasteiger partial charge on any atom is -0.480 e. The number of nitrogens with one attached hydrogen (secondary N) is 1. The third kappa shape index (κ3) is 4.66. The van der Waals surface area contributed by atoms with Gasteiger partial charge < -0.3 is 16.2 Å². The number of rotatable bonds is 3. The number of primary amides is 1. The van der Waals surface area contributed by atoms with Gasteiger partial charge >= 0.3 is 5.97 Å². The Morgan fingerprint density at radius 3 is 2.22 bits per heavy atom. The van der Waals surface area contributed by atoms with Crippen LogP contribution in [0.1, 0.15) is 23.2 Å². The predicted molar refractivity (Wildman–Crippen MR) is 89.1 cm³/mol. The van der Waals surface area contributed by atoms with Crippen LogP contribution < -0.4 is 11.1 Å². The van der Waals surface area contributed by atoms with Crippen molar-refractivity contribution in [1.29, 1.82) is 0 Å². The van der Waals surface area contributed by atoms with Crippen LogP contribution in [-0.2, 0) is 4.79 Å². The van der Waals surface area contributed by atoms with E-state index in [1.807, 2.05) is 48.5 Å². The zero-order chi connectivity index (χ0) is 16.7. The van der Waals surface area contributed by atoms with E-state index in [1.54, 1.807) is 6.07 Å². The van der Waals surface area contributed by atoms with Crippen molar-refractivity contribution < 1.29 is 14.7 Å². The maximum Gasteiger partial charge on any atom is 0.320 e. The number of hydrogen-bond donors (Lipinski definition) is 3. The van der Waals surface area contributed by atoms with Crippen molar-refractivity contribution in [3.63, 3.8) is 0 Å². The first-order valence-corrected chi connectivity index (χ1v) is 7.50. The summed E-state index contributed by atoms with van der Waals surface area (Å²) in [6, 6.07) is 16.8. The van der Waals surface area contributed by atoms with Gasteiger partial charge in [-0.25, -0.2) is 0 Å². The molecule has 2 aromatic carbocycles. The molecule has 120 valence electrons. The maximum absolute atomic E-state index is 11.2. The van der Waals surface area contributed by atoms with Gasteiger partial charge in [0.25, 0.3) is 0 Å². The van der Waals surface area contributed by atoms with Crippen molar-refractivity contribution in [1.82, 2.24) is 5.32 Å². The molecule has 5 heteroatoms. The van der Waals surface area contributed by atoms with E-state index in [1.165, 1.54) is 0 Å². The summed E-state index contributed by atoms with van der Waals surface area (Å²) in [5.41, 5.74) is 7.76. The van der Waals surface area contributed by atoms with E-state index in [4.69, 9.17) is 10.8 Å². The minimum absolute atomic E-state index is 0.269. The van der Waals surface area contributed by atoms with Gasteiger partial charge in [-0.15, -0.1) is 0 Å². The molecule has 1 fully saturated rings. The molecule has 0 spiro atoms. The summed E-state index contributed by atoms with van der Waals surface area (Å²) in [4.78, 5) is 21.4. The van der Waals surface area contributed by atoms with Gasteiger partial charge in [0.2, 0.25) is 5.91 Å². The SMILES string of the molecule is NC(=O)c1ccccc1-c1ccccc1.O=C(O)[C@H]1CCCN1. The Morgan fingerprint density at radius 1 is 1.04 bits per heavy atom. The Kier molecular flexibility index (Phi) is 5.88. The van der Waals surface area contributed by atoms with E-state index in [0.717, 1.165) is 30.5 Å². The van der Waals surface area contributed by atoms with Gasteiger partial charge in [0, 0.05) is 5.56 Å². The quantitative estimate of drug-likeness (QED) is 0.810. The van der Waals surface area contributed by atoms with Crippen molar-refractivity contribution in [3.8, 4) is 11.1 Å². The lowest BCUT2D eigenvalue weighted by Crippen LogP contribution is -2.29. The summed E-state index contributed by atoms with van der Waals surface area (Å²) in [6.07, 6.45) is 1.78. The fraction of sp³-hybridized carbons (Fsp3) is 0.222. The summed E-state index contributed by atoms with van der Waals surface area (Å²) in [6.45, 7) is 0.858. The largest absolute Gasteiger partial charge is 0.480 e. The highest BCUT2D eigenvalue weighted by Gasteiger charge is 2.20. The lowest BCUT2D eigenvalue weighted by molar-refractivity contribution is -0.139. The molecule has 1 aliphatic rings. The number of carbonyl (C=O) groups is 2. The molecule has 0 aromatic heterocycles. The molecule has 1 aliphatic heterocycles. The molecule has 1 atom stereocenters. The minimum atomic E-state index is -0.720. The van der Waals surface area contributed by atoms with Crippen LogP contribution in [0.25, 0.3) is 11.1 Å². The first-order valence-electron chi connectivity index (χ1n) is 7.50. The molecular formula is C18H20N2O3. The molecule has 1 amide bonds. The second-order valence-electron chi connectivity index (χ2n) is 5.26. The van der Waals surface area contributed by atoms with Gasteiger partial charge in [-0.1, -0.05) is 48.5 Å². The van der Waals surface area contributed by atoms with Gasteiger partial charge in [-0.05, 0) is 36.6 Å². The summed E-state index contributed by atoms with van der Waals surface area (Å²) in [5.74, 6) is -1.11. The molecule has 4 N–H and O–H groups in total. The van der Waals surface area contributed by atoms with Gasteiger partial charge in [0.15, 0.2) is 0 Å². The third-order valence-electron chi connectivity index (χ3n) is 3.64. The highest BCUT2D eigenvalue weighted by Crippen LogP contribution is 2.22. The van der Waals surface area contributed by atoms with Crippen LogP contribution in [0.3, 0.4) is 0 Å². The normalized spacial score (nSPS) is 16.3. The summed E-state index contributed by atoms with van der Waals surface area (Å²) in [5, 5.41) is 11.2. The van der Waals surface area contributed by atoms with E-state index in [9.17, 15) is 9.59 Å². The first-order chi connectivity index (χ1) is 11.1. The smallest absolute Gasteiger partial charge is 0.320 e. The number of benzene rings is 2. The van der Waals surface area contributed by atoms with Crippen LogP contribution in [0.5, 0.6) is 0 Å². The predicted octanol–water partition coefficient (Wildman–Crippen LogP) is 2.28. The molecule has 0 unspecified atom stereocenters. The van der Waals surface area contributed by atoms with Crippen LogP contribution in [0.2, 0.25) is 0 Å². The highest BCUT2D eigenvalue weighted by atomic mass is 16.4. The van der Waals surface area contributed by atoms with Gasteiger partial charge in [0.1, 0.15) is 6.04 Å². The second-order valence-corrected chi connectivity index (χ2v) is 5.26. The Labute approximate surface area is 135 Å². The number of aliphatic carboxylic acids is 1. The Bertz CT molecular complexity index is 665. The molecule has 1 saturated heterocycles. The molecule has 0 aliphatic carbocycles. The average molecular weight is 312 g/mol. The van der Waals surface area contributed by atoms with Crippen LogP contribution in [0, 0.1) is 0 Å². The Morgan fingerprint density at radius 2 is 1.70 bits per heavy atom. The number of hydrogen-bond acceptors (Lipinski definition) is 3. The van der Waals surface area contributed by atoms with E-state index >= 15 is 0 Å². The van der Waals surface area contributed by atoms with Crippen molar-refractivity contribution in [3.05, 3.63) is 60.2 Å². The zero-order valence-corrected chi connectivity index (χ0v) is 12.7. The van der Waals surface area contributed by atoms with Gasteiger partial charge in [-0.2, -0.15) is 0 Å². The highest BCUT2D eigenvalue weighted by molar-refractivity contribution is 5.99. The molecule has 0 saturated carbocycles. The van der Waals surface area contributed by atoms with Crippen LogP contribution in [-0.4, -0.2) is 29.6 Å². The molecule has 3 rings (SSSR count). The average Bonchev–Trinajstić information content (AvgIpc) is 3.11. The summed E-state index contributed by atoms with van der Waals surface area (Å²) in [7, 11) is 0. The molecule has 0 radical (unpaired) electrons. The lowest BCUT2D eigenvalue weighted by Gasteiger charge is -2.05. The second kappa shape index (κ2) is 8.10.